The van der Waals surface area contributed by atoms with Crippen molar-refractivity contribution in [2.45, 2.75) is 72.3 Å². The predicted octanol–water partition coefficient (Wildman–Crippen LogP) is 4.93. The normalized spacial score (nSPS) is 42.7. The third-order valence-corrected chi connectivity index (χ3v) is 8.53. The van der Waals surface area contributed by atoms with Gasteiger partial charge < -0.3 is 10.6 Å². The van der Waals surface area contributed by atoms with E-state index in [-0.39, 0.29) is 0 Å². The van der Waals surface area contributed by atoms with Crippen LogP contribution in [0, 0.1) is 35.0 Å². The van der Waals surface area contributed by atoms with Gasteiger partial charge in [-0.3, -0.25) is 0 Å². The van der Waals surface area contributed by atoms with Crippen LogP contribution in [0.25, 0.3) is 0 Å². The van der Waals surface area contributed by atoms with Crippen LogP contribution in [-0.2, 0) is 0 Å². The van der Waals surface area contributed by atoms with Gasteiger partial charge in [0.15, 0.2) is 0 Å². The van der Waals surface area contributed by atoms with Gasteiger partial charge in [0.25, 0.3) is 0 Å². The molecule has 0 aromatic rings. The first-order chi connectivity index (χ1) is 12.5. The lowest BCUT2D eigenvalue weighted by atomic mass is 9.50. The second-order valence-electron chi connectivity index (χ2n) is 10.3. The van der Waals surface area contributed by atoms with E-state index in [0.717, 1.165) is 60.7 Å². The summed E-state index contributed by atoms with van der Waals surface area (Å²) in [5.74, 6) is 5.20. The van der Waals surface area contributed by atoms with Crippen molar-refractivity contribution in [3.8, 4) is 0 Å². The highest BCUT2D eigenvalue weighted by Gasteiger charge is 2.71. The molecule has 1 spiro atoms. The summed E-state index contributed by atoms with van der Waals surface area (Å²) in [4.78, 5) is 0. The Hall–Kier alpha value is -0.600. The average Bonchev–Trinajstić information content (AvgIpc) is 3.04. The van der Waals surface area contributed by atoms with Crippen molar-refractivity contribution in [2.75, 3.05) is 19.6 Å². The quantitative estimate of drug-likeness (QED) is 0.452. The van der Waals surface area contributed by atoms with E-state index in [0.29, 0.717) is 0 Å². The standard InChI is InChI=1S/C24H40N2/c1-16(2)6-5-7-17(3)8-9-25-10-11-26-23-19-12-21-18(4)22-13-20(23)15-24(21,22)14-19/h6,8,18-23,25-26H,5,7,9-15H2,1-4H3/b17-8+/t18-,19-,20-,21+,22?,23-,24?/m0/s1. The number of fused-ring (bicyclic) bond motifs is 2. The molecule has 146 valence electrons. The minimum atomic E-state index is 0.828. The summed E-state index contributed by atoms with van der Waals surface area (Å²) in [5, 5.41) is 7.58. The van der Waals surface area contributed by atoms with Gasteiger partial charge in [-0.2, -0.15) is 0 Å². The zero-order chi connectivity index (χ0) is 18.3. The SMILES string of the molecule is CC(C)=CCC/C(C)=C/CNCCN[C@@H]1[C@H]2CC3[C@@H](C)[C@H]4C[C@H]1CC34C2. The van der Waals surface area contributed by atoms with E-state index < -0.39 is 0 Å². The molecule has 3 bridgehead atoms. The molecule has 2 N–H and O–H groups in total. The van der Waals surface area contributed by atoms with Gasteiger partial charge in [0.2, 0.25) is 0 Å². The minimum absolute atomic E-state index is 0.828. The first-order valence-electron chi connectivity index (χ1n) is 11.2. The Bertz CT molecular complexity index is 545. The zero-order valence-corrected chi connectivity index (χ0v) is 17.5. The highest BCUT2D eigenvalue weighted by atomic mass is 15.0. The number of hydrogen-bond donors (Lipinski definition) is 2. The van der Waals surface area contributed by atoms with Gasteiger partial charge in [-0.15, -0.1) is 0 Å². The largest absolute Gasteiger partial charge is 0.312 e. The van der Waals surface area contributed by atoms with Crippen LogP contribution in [-0.4, -0.2) is 25.7 Å². The lowest BCUT2D eigenvalue weighted by Gasteiger charge is -2.55. The number of rotatable bonds is 9. The third kappa shape index (κ3) is 3.22. The monoisotopic (exact) mass is 356 g/mol. The van der Waals surface area contributed by atoms with E-state index in [1.165, 1.54) is 36.8 Å². The first kappa shape index (κ1) is 18.7. The fourth-order valence-corrected chi connectivity index (χ4v) is 7.50. The van der Waals surface area contributed by atoms with E-state index in [1.807, 2.05) is 0 Å². The molecule has 2 heteroatoms. The van der Waals surface area contributed by atoms with E-state index in [1.54, 1.807) is 12.8 Å². The van der Waals surface area contributed by atoms with Gasteiger partial charge in [0.1, 0.15) is 0 Å². The molecule has 4 aliphatic rings. The van der Waals surface area contributed by atoms with Gasteiger partial charge in [0.05, 0.1) is 0 Å². The van der Waals surface area contributed by atoms with Crippen LogP contribution in [0.2, 0.25) is 0 Å². The molecule has 0 aromatic carbocycles. The molecule has 7 atom stereocenters. The lowest BCUT2D eigenvalue weighted by molar-refractivity contribution is -0.0670. The Labute approximate surface area is 161 Å². The molecule has 0 amide bonds. The highest BCUT2D eigenvalue weighted by molar-refractivity contribution is 5.21. The summed E-state index contributed by atoms with van der Waals surface area (Å²) in [5.41, 5.74) is 3.77. The Kier molecular flexibility index (Phi) is 5.36. The maximum absolute atomic E-state index is 3.97. The molecule has 2 nitrogen and oxygen atoms in total. The number of nitrogens with one attached hydrogen (secondary N) is 2. The highest BCUT2D eigenvalue weighted by Crippen LogP contribution is 2.77. The van der Waals surface area contributed by atoms with E-state index >= 15 is 0 Å². The Balaban J connectivity index is 1.14. The average molecular weight is 357 g/mol. The van der Waals surface area contributed by atoms with Crippen LogP contribution >= 0.6 is 0 Å². The van der Waals surface area contributed by atoms with Gasteiger partial charge in [0, 0.05) is 25.7 Å². The van der Waals surface area contributed by atoms with Crippen LogP contribution in [0.4, 0.5) is 0 Å². The van der Waals surface area contributed by atoms with Crippen LogP contribution in [0.3, 0.4) is 0 Å². The topological polar surface area (TPSA) is 24.1 Å². The first-order valence-corrected chi connectivity index (χ1v) is 11.2. The molecule has 0 saturated heterocycles. The zero-order valence-electron chi connectivity index (χ0n) is 17.5. The van der Waals surface area contributed by atoms with Gasteiger partial charge >= 0.3 is 0 Å². The van der Waals surface area contributed by atoms with Crippen molar-refractivity contribution in [3.05, 3.63) is 23.3 Å². The fraction of sp³-hybridized carbons (Fsp3) is 0.833. The van der Waals surface area contributed by atoms with Gasteiger partial charge in [-0.25, -0.2) is 0 Å². The maximum atomic E-state index is 3.97. The van der Waals surface area contributed by atoms with E-state index in [2.05, 4.69) is 50.5 Å². The van der Waals surface area contributed by atoms with Crippen molar-refractivity contribution in [1.29, 1.82) is 0 Å². The van der Waals surface area contributed by atoms with Gasteiger partial charge in [-0.05, 0) is 94.3 Å². The van der Waals surface area contributed by atoms with Crippen molar-refractivity contribution < 1.29 is 0 Å². The van der Waals surface area contributed by atoms with Crippen LogP contribution in [0.15, 0.2) is 23.3 Å². The summed E-state index contributed by atoms with van der Waals surface area (Å²) in [6, 6.07) is 0.828. The Morgan fingerprint density at radius 1 is 1.00 bits per heavy atom. The lowest BCUT2D eigenvalue weighted by Crippen LogP contribution is -2.49. The van der Waals surface area contributed by atoms with E-state index in [4.69, 9.17) is 0 Å². The molecular weight excluding hydrogens is 316 g/mol. The Morgan fingerprint density at radius 2 is 1.69 bits per heavy atom. The van der Waals surface area contributed by atoms with Crippen LogP contribution in [0.5, 0.6) is 0 Å². The van der Waals surface area contributed by atoms with Crippen molar-refractivity contribution in [1.82, 2.24) is 10.6 Å². The van der Waals surface area contributed by atoms with Crippen molar-refractivity contribution in [2.24, 2.45) is 35.0 Å². The van der Waals surface area contributed by atoms with E-state index in [9.17, 15) is 0 Å². The molecule has 26 heavy (non-hydrogen) atoms. The minimum Gasteiger partial charge on any atom is -0.312 e. The van der Waals surface area contributed by atoms with Crippen molar-refractivity contribution in [3.63, 3.8) is 0 Å². The summed E-state index contributed by atoms with van der Waals surface area (Å²) in [6.45, 7) is 12.4. The molecule has 0 aliphatic heterocycles. The molecule has 4 aliphatic carbocycles. The molecule has 0 aromatic heterocycles. The molecule has 4 fully saturated rings. The third-order valence-electron chi connectivity index (χ3n) is 8.53. The maximum Gasteiger partial charge on any atom is 0.0137 e. The summed E-state index contributed by atoms with van der Waals surface area (Å²) >= 11 is 0. The molecule has 4 rings (SSSR count). The van der Waals surface area contributed by atoms with Gasteiger partial charge in [-0.1, -0.05) is 30.2 Å². The van der Waals surface area contributed by atoms with Crippen LogP contribution in [0.1, 0.15) is 66.2 Å². The molecular formula is C24H40N2. The second kappa shape index (κ2) is 7.43. The molecule has 0 heterocycles. The number of allylic oxidation sites excluding steroid dienone is 3. The Morgan fingerprint density at radius 3 is 2.35 bits per heavy atom. The molecule has 4 saturated carbocycles. The second-order valence-corrected chi connectivity index (χ2v) is 10.3. The smallest absolute Gasteiger partial charge is 0.0137 e. The summed E-state index contributed by atoms with van der Waals surface area (Å²) in [6.07, 6.45) is 13.3. The predicted molar refractivity (Wildman–Crippen MR) is 111 cm³/mol. The van der Waals surface area contributed by atoms with Crippen LogP contribution < -0.4 is 10.6 Å². The fourth-order valence-electron chi connectivity index (χ4n) is 7.50. The molecule has 2 unspecified atom stereocenters. The molecule has 0 radical (unpaired) electrons. The summed E-state index contributed by atoms with van der Waals surface area (Å²) < 4.78 is 0. The van der Waals surface area contributed by atoms with Crippen molar-refractivity contribution >= 4 is 0 Å². The number of hydrogen-bond acceptors (Lipinski definition) is 2. The summed E-state index contributed by atoms with van der Waals surface area (Å²) in [7, 11) is 0.